The maximum absolute atomic E-state index is 5.30. The Morgan fingerprint density at radius 2 is 2.11 bits per heavy atom. The predicted molar refractivity (Wildman–Crippen MR) is 82.4 cm³/mol. The number of para-hydroxylation sites is 1. The molecule has 0 unspecified atom stereocenters. The third-order valence-corrected chi connectivity index (χ3v) is 3.73. The maximum atomic E-state index is 5.30. The monoisotopic (exact) mass is 272 g/mol. The smallest absolute Gasteiger partial charge is 0.189 e. The van der Waals surface area contributed by atoms with Gasteiger partial charge in [-0.25, -0.2) is 0 Å². The highest BCUT2D eigenvalue weighted by molar-refractivity contribution is 7.80. The van der Waals surface area contributed by atoms with Crippen molar-refractivity contribution in [1.82, 2.24) is 15.3 Å². The normalized spacial score (nSPS) is 15.5. The Balaban J connectivity index is 1.67. The van der Waals surface area contributed by atoms with E-state index < -0.39 is 0 Å². The lowest BCUT2D eigenvalue weighted by Crippen LogP contribution is -2.34. The van der Waals surface area contributed by atoms with Crippen LogP contribution < -0.4 is 5.43 Å². The van der Waals surface area contributed by atoms with Crippen LogP contribution in [0, 0.1) is 0 Å². The molecule has 2 aromatic rings. The van der Waals surface area contributed by atoms with Crippen molar-refractivity contribution in [3.8, 4) is 0 Å². The summed E-state index contributed by atoms with van der Waals surface area (Å²) in [5.74, 6) is 0. The number of hydrogen-bond acceptors (Lipinski definition) is 2. The summed E-state index contributed by atoms with van der Waals surface area (Å²) in [5, 5.41) is 6.11. The number of fused-ring (bicyclic) bond motifs is 1. The van der Waals surface area contributed by atoms with Crippen molar-refractivity contribution in [1.29, 1.82) is 0 Å². The van der Waals surface area contributed by atoms with Gasteiger partial charge in [-0.2, -0.15) is 5.10 Å². The van der Waals surface area contributed by atoms with Crippen LogP contribution in [0.1, 0.15) is 18.4 Å². The Kier molecular flexibility index (Phi) is 3.46. The van der Waals surface area contributed by atoms with Crippen molar-refractivity contribution >= 4 is 34.4 Å². The van der Waals surface area contributed by atoms with Gasteiger partial charge in [-0.1, -0.05) is 18.2 Å². The van der Waals surface area contributed by atoms with Gasteiger partial charge in [-0.3, -0.25) is 5.43 Å². The first-order chi connectivity index (χ1) is 9.34. The number of rotatable bonds is 2. The van der Waals surface area contributed by atoms with Gasteiger partial charge in [0, 0.05) is 35.8 Å². The van der Waals surface area contributed by atoms with Gasteiger partial charge in [-0.15, -0.1) is 0 Å². The van der Waals surface area contributed by atoms with E-state index in [1.54, 1.807) is 6.21 Å². The van der Waals surface area contributed by atoms with Crippen LogP contribution in [0.3, 0.4) is 0 Å². The van der Waals surface area contributed by atoms with Gasteiger partial charge in [0.25, 0.3) is 0 Å². The average molecular weight is 272 g/mol. The number of benzene rings is 1. The quantitative estimate of drug-likeness (QED) is 0.501. The molecule has 3 rings (SSSR count). The second kappa shape index (κ2) is 5.40. The zero-order valence-corrected chi connectivity index (χ0v) is 11.4. The van der Waals surface area contributed by atoms with Crippen molar-refractivity contribution < 1.29 is 0 Å². The average Bonchev–Trinajstić information content (AvgIpc) is 3.08. The molecule has 1 aliphatic heterocycles. The first kappa shape index (κ1) is 12.2. The SMILES string of the molecule is S=C(N/N=C\c1c[nH]c2ccccc12)N1CCCC1. The summed E-state index contributed by atoms with van der Waals surface area (Å²) < 4.78 is 0. The van der Waals surface area contributed by atoms with Gasteiger partial charge in [0.2, 0.25) is 0 Å². The Bertz CT molecular complexity index is 611. The molecule has 0 saturated carbocycles. The highest BCUT2D eigenvalue weighted by Gasteiger charge is 2.13. The van der Waals surface area contributed by atoms with Crippen LogP contribution in [0.25, 0.3) is 10.9 Å². The molecule has 5 heteroatoms. The first-order valence-corrected chi connectivity index (χ1v) is 6.89. The van der Waals surface area contributed by atoms with E-state index in [0.29, 0.717) is 5.11 Å². The van der Waals surface area contributed by atoms with E-state index in [4.69, 9.17) is 12.2 Å². The molecule has 1 saturated heterocycles. The number of likely N-dealkylation sites (tertiary alicyclic amines) is 1. The molecule has 0 spiro atoms. The molecule has 0 atom stereocenters. The standard InChI is InChI=1S/C14H16N4S/c19-14(18-7-3-4-8-18)17-16-10-11-9-15-13-6-2-1-5-12(11)13/h1-2,5-6,9-10,15H,3-4,7-8H2,(H,17,19)/b16-10-. The lowest BCUT2D eigenvalue weighted by molar-refractivity contribution is 0.509. The van der Waals surface area contributed by atoms with Crippen molar-refractivity contribution in [2.45, 2.75) is 12.8 Å². The fraction of sp³-hybridized carbons (Fsp3) is 0.286. The minimum Gasteiger partial charge on any atom is -0.361 e. The third kappa shape index (κ3) is 2.61. The zero-order valence-electron chi connectivity index (χ0n) is 10.6. The van der Waals surface area contributed by atoms with Crippen LogP contribution in [0.2, 0.25) is 0 Å². The number of thiocarbonyl (C=S) groups is 1. The van der Waals surface area contributed by atoms with Gasteiger partial charge >= 0.3 is 0 Å². The van der Waals surface area contributed by atoms with E-state index >= 15 is 0 Å². The summed E-state index contributed by atoms with van der Waals surface area (Å²) in [7, 11) is 0. The number of nitrogens with one attached hydrogen (secondary N) is 2. The zero-order chi connectivity index (χ0) is 13.1. The fourth-order valence-electron chi connectivity index (χ4n) is 2.35. The maximum Gasteiger partial charge on any atom is 0.189 e. The predicted octanol–water partition coefficient (Wildman–Crippen LogP) is 2.47. The Morgan fingerprint density at radius 3 is 2.95 bits per heavy atom. The molecule has 2 N–H and O–H groups in total. The minimum absolute atomic E-state index is 0.716. The highest BCUT2D eigenvalue weighted by Crippen LogP contribution is 2.15. The number of nitrogens with zero attached hydrogens (tertiary/aromatic N) is 2. The topological polar surface area (TPSA) is 43.4 Å². The van der Waals surface area contributed by atoms with E-state index in [0.717, 1.165) is 24.2 Å². The second-order valence-corrected chi connectivity index (χ2v) is 5.05. The van der Waals surface area contributed by atoms with Crippen molar-refractivity contribution in [3.05, 3.63) is 36.0 Å². The van der Waals surface area contributed by atoms with Crippen LogP contribution in [0.15, 0.2) is 35.6 Å². The van der Waals surface area contributed by atoms with Gasteiger partial charge < -0.3 is 9.88 Å². The van der Waals surface area contributed by atoms with E-state index in [9.17, 15) is 0 Å². The Labute approximate surface area is 117 Å². The third-order valence-electron chi connectivity index (χ3n) is 3.38. The van der Waals surface area contributed by atoms with Crippen molar-refractivity contribution in [2.75, 3.05) is 13.1 Å². The van der Waals surface area contributed by atoms with Gasteiger partial charge in [-0.05, 0) is 31.1 Å². The van der Waals surface area contributed by atoms with E-state index in [1.165, 1.54) is 18.2 Å². The molecular formula is C14H16N4S. The second-order valence-electron chi connectivity index (χ2n) is 4.66. The molecular weight excluding hydrogens is 256 g/mol. The van der Waals surface area contributed by atoms with E-state index in [2.05, 4.69) is 32.5 Å². The summed E-state index contributed by atoms with van der Waals surface area (Å²) in [5.41, 5.74) is 5.12. The van der Waals surface area contributed by atoms with Gasteiger partial charge in [0.15, 0.2) is 5.11 Å². The number of aromatic nitrogens is 1. The summed E-state index contributed by atoms with van der Waals surface area (Å²) in [6.45, 7) is 2.07. The molecule has 0 bridgehead atoms. The Hall–Kier alpha value is -1.88. The molecule has 19 heavy (non-hydrogen) atoms. The fourth-order valence-corrected chi connectivity index (χ4v) is 2.58. The lowest BCUT2D eigenvalue weighted by Gasteiger charge is -2.16. The molecule has 98 valence electrons. The lowest BCUT2D eigenvalue weighted by atomic mass is 10.2. The molecule has 1 aliphatic rings. The number of H-pyrrole nitrogens is 1. The minimum atomic E-state index is 0.716. The summed E-state index contributed by atoms with van der Waals surface area (Å²) in [6.07, 6.45) is 6.19. The molecule has 1 aromatic heterocycles. The van der Waals surface area contributed by atoms with Crippen LogP contribution in [0.4, 0.5) is 0 Å². The summed E-state index contributed by atoms with van der Waals surface area (Å²) >= 11 is 5.30. The molecule has 1 aromatic carbocycles. The van der Waals surface area contributed by atoms with E-state index in [-0.39, 0.29) is 0 Å². The van der Waals surface area contributed by atoms with Gasteiger partial charge in [0.1, 0.15) is 0 Å². The first-order valence-electron chi connectivity index (χ1n) is 6.49. The molecule has 0 radical (unpaired) electrons. The summed E-state index contributed by atoms with van der Waals surface area (Å²) in [6, 6.07) is 8.16. The van der Waals surface area contributed by atoms with E-state index in [1.807, 2.05) is 18.3 Å². The van der Waals surface area contributed by atoms with Crippen molar-refractivity contribution in [2.24, 2.45) is 5.10 Å². The molecule has 0 aliphatic carbocycles. The molecule has 0 amide bonds. The Morgan fingerprint density at radius 1 is 1.32 bits per heavy atom. The van der Waals surface area contributed by atoms with Crippen LogP contribution >= 0.6 is 12.2 Å². The molecule has 4 nitrogen and oxygen atoms in total. The van der Waals surface area contributed by atoms with Crippen LogP contribution in [0.5, 0.6) is 0 Å². The number of hydrazone groups is 1. The largest absolute Gasteiger partial charge is 0.361 e. The van der Waals surface area contributed by atoms with Crippen LogP contribution in [-0.4, -0.2) is 34.3 Å². The number of hydrogen-bond donors (Lipinski definition) is 2. The highest BCUT2D eigenvalue weighted by atomic mass is 32.1. The molecule has 2 heterocycles. The van der Waals surface area contributed by atoms with Crippen LogP contribution in [-0.2, 0) is 0 Å². The molecule has 1 fully saturated rings. The van der Waals surface area contributed by atoms with Gasteiger partial charge in [0.05, 0.1) is 6.21 Å². The summed E-state index contributed by atoms with van der Waals surface area (Å²) in [4.78, 5) is 5.37. The number of aromatic amines is 1. The van der Waals surface area contributed by atoms with Crippen molar-refractivity contribution in [3.63, 3.8) is 0 Å².